The smallest absolute Gasteiger partial charge is 0.144 e. The first-order valence-corrected chi connectivity index (χ1v) is 7.56. The van der Waals surface area contributed by atoms with Gasteiger partial charge in [0.2, 0.25) is 0 Å². The Hall–Kier alpha value is -2.34. The molecule has 1 unspecified atom stereocenters. The Bertz CT molecular complexity index is 671. The average molecular weight is 277 g/mol. The first-order valence-electron chi connectivity index (χ1n) is 7.56. The number of rotatable bonds is 4. The zero-order valence-electron chi connectivity index (χ0n) is 12.3. The highest BCUT2D eigenvalue weighted by molar-refractivity contribution is 5.56. The molecular weight excluding hydrogens is 258 g/mol. The number of benzene rings is 1. The van der Waals surface area contributed by atoms with E-state index >= 15 is 0 Å². The van der Waals surface area contributed by atoms with Gasteiger partial charge in [0.25, 0.3) is 0 Å². The molecular formula is C18H19N3. The highest BCUT2D eigenvalue weighted by atomic mass is 15.0. The lowest BCUT2D eigenvalue weighted by Crippen LogP contribution is -2.12. The Labute approximate surface area is 125 Å². The van der Waals surface area contributed by atoms with Crippen molar-refractivity contribution in [3.63, 3.8) is 0 Å². The van der Waals surface area contributed by atoms with Crippen molar-refractivity contribution in [1.82, 2.24) is 4.98 Å². The molecule has 3 rings (SSSR count). The molecule has 0 bridgehead atoms. The molecule has 0 amide bonds. The summed E-state index contributed by atoms with van der Waals surface area (Å²) in [6.07, 6.45) is 4.17. The minimum Gasteiger partial charge on any atom is -0.362 e. The van der Waals surface area contributed by atoms with E-state index in [2.05, 4.69) is 30.4 Å². The van der Waals surface area contributed by atoms with E-state index in [0.29, 0.717) is 5.56 Å². The Morgan fingerprint density at radius 1 is 1.29 bits per heavy atom. The van der Waals surface area contributed by atoms with Crippen molar-refractivity contribution in [2.75, 3.05) is 5.32 Å². The molecule has 1 aromatic heterocycles. The number of aryl methyl sites for hydroxylation is 2. The molecule has 0 fully saturated rings. The Morgan fingerprint density at radius 2 is 2.10 bits per heavy atom. The summed E-state index contributed by atoms with van der Waals surface area (Å²) >= 11 is 0. The topological polar surface area (TPSA) is 48.7 Å². The summed E-state index contributed by atoms with van der Waals surface area (Å²) in [5.74, 6) is 0.730. The molecule has 0 radical (unpaired) electrons. The van der Waals surface area contributed by atoms with Crippen molar-refractivity contribution < 1.29 is 0 Å². The molecule has 3 nitrogen and oxygen atoms in total. The van der Waals surface area contributed by atoms with Crippen LogP contribution in [0.1, 0.15) is 48.2 Å². The van der Waals surface area contributed by atoms with Crippen LogP contribution in [0, 0.1) is 11.3 Å². The largest absolute Gasteiger partial charge is 0.362 e. The van der Waals surface area contributed by atoms with Crippen molar-refractivity contribution in [3.8, 4) is 6.07 Å². The summed E-state index contributed by atoms with van der Waals surface area (Å²) in [6.45, 7) is 2.14. The summed E-state index contributed by atoms with van der Waals surface area (Å²) in [6, 6.07) is 14.8. The molecule has 0 saturated heterocycles. The molecule has 1 aliphatic carbocycles. The van der Waals surface area contributed by atoms with Gasteiger partial charge in [-0.1, -0.05) is 37.3 Å². The van der Waals surface area contributed by atoms with E-state index in [0.717, 1.165) is 37.2 Å². The minimum absolute atomic E-state index is 0.185. The number of nitrogens with one attached hydrogen (secondary N) is 1. The van der Waals surface area contributed by atoms with Gasteiger partial charge in [0.05, 0.1) is 11.6 Å². The molecule has 1 N–H and O–H groups in total. The second-order valence-electron chi connectivity index (χ2n) is 5.47. The van der Waals surface area contributed by atoms with E-state index in [4.69, 9.17) is 4.98 Å². The fourth-order valence-corrected chi connectivity index (χ4v) is 2.94. The van der Waals surface area contributed by atoms with Crippen LogP contribution >= 0.6 is 0 Å². The third kappa shape index (κ3) is 2.75. The van der Waals surface area contributed by atoms with Gasteiger partial charge in [0.1, 0.15) is 11.9 Å². The van der Waals surface area contributed by atoms with Gasteiger partial charge in [-0.2, -0.15) is 5.26 Å². The third-order valence-electron chi connectivity index (χ3n) is 4.09. The normalized spacial score (nSPS) is 14.3. The van der Waals surface area contributed by atoms with E-state index < -0.39 is 0 Å². The van der Waals surface area contributed by atoms with Gasteiger partial charge >= 0.3 is 0 Å². The fraction of sp³-hybridized carbons (Fsp3) is 0.333. The average Bonchev–Trinajstić information content (AvgIpc) is 2.99. The molecule has 0 saturated carbocycles. The molecule has 3 heteroatoms. The lowest BCUT2D eigenvalue weighted by atomic mass is 10.0. The van der Waals surface area contributed by atoms with Crippen LogP contribution in [0.5, 0.6) is 0 Å². The molecule has 21 heavy (non-hydrogen) atoms. The summed E-state index contributed by atoms with van der Waals surface area (Å²) in [7, 11) is 0. The number of hydrogen-bond donors (Lipinski definition) is 1. The zero-order chi connectivity index (χ0) is 14.7. The number of nitrogens with zero attached hydrogens (tertiary/aromatic N) is 2. The van der Waals surface area contributed by atoms with Crippen molar-refractivity contribution in [2.45, 2.75) is 38.6 Å². The standard InChI is InChI=1S/C18H19N3/c1-2-16(13-7-4-3-5-8-13)20-18-15(12-19)11-14-9-6-10-17(14)21-18/h3-5,7-8,11,16H,2,6,9-10H2,1H3,(H,20,21). The molecule has 1 aliphatic rings. The number of fused-ring (bicyclic) bond motifs is 1. The SMILES string of the molecule is CCC(Nc1nc2c(cc1C#N)CCC2)c1ccccc1. The van der Waals surface area contributed by atoms with Crippen LogP contribution < -0.4 is 5.32 Å². The number of nitriles is 1. The second-order valence-corrected chi connectivity index (χ2v) is 5.47. The summed E-state index contributed by atoms with van der Waals surface area (Å²) in [5.41, 5.74) is 4.28. The van der Waals surface area contributed by atoms with Gasteiger partial charge in [0.15, 0.2) is 0 Å². The van der Waals surface area contributed by atoms with Crippen molar-refractivity contribution in [3.05, 3.63) is 58.8 Å². The van der Waals surface area contributed by atoms with Crippen LogP contribution in [0.2, 0.25) is 0 Å². The zero-order valence-corrected chi connectivity index (χ0v) is 12.3. The number of anilines is 1. The van der Waals surface area contributed by atoms with Gasteiger partial charge < -0.3 is 5.32 Å². The number of hydrogen-bond acceptors (Lipinski definition) is 3. The van der Waals surface area contributed by atoms with Crippen molar-refractivity contribution in [1.29, 1.82) is 5.26 Å². The maximum atomic E-state index is 9.38. The lowest BCUT2D eigenvalue weighted by molar-refractivity contribution is 0.743. The van der Waals surface area contributed by atoms with Gasteiger partial charge in [-0.25, -0.2) is 4.98 Å². The van der Waals surface area contributed by atoms with Crippen LogP contribution in [-0.2, 0) is 12.8 Å². The summed E-state index contributed by atoms with van der Waals surface area (Å²) in [5, 5.41) is 12.8. The van der Waals surface area contributed by atoms with Crippen molar-refractivity contribution >= 4 is 5.82 Å². The first kappa shape index (κ1) is 13.6. The first-order chi connectivity index (χ1) is 10.3. The van der Waals surface area contributed by atoms with E-state index in [9.17, 15) is 5.26 Å². The summed E-state index contributed by atoms with van der Waals surface area (Å²) in [4.78, 5) is 4.70. The van der Waals surface area contributed by atoms with Crippen molar-refractivity contribution in [2.24, 2.45) is 0 Å². The third-order valence-corrected chi connectivity index (χ3v) is 4.09. The van der Waals surface area contributed by atoms with E-state index in [1.165, 1.54) is 11.1 Å². The lowest BCUT2D eigenvalue weighted by Gasteiger charge is -2.19. The number of aromatic nitrogens is 1. The predicted molar refractivity (Wildman–Crippen MR) is 84.1 cm³/mol. The van der Waals surface area contributed by atoms with E-state index in [-0.39, 0.29) is 6.04 Å². The molecule has 0 spiro atoms. The summed E-state index contributed by atoms with van der Waals surface area (Å²) < 4.78 is 0. The Balaban J connectivity index is 1.92. The van der Waals surface area contributed by atoms with E-state index in [1.54, 1.807) is 0 Å². The maximum Gasteiger partial charge on any atom is 0.144 e. The van der Waals surface area contributed by atoms with Gasteiger partial charge in [-0.15, -0.1) is 0 Å². The van der Waals surface area contributed by atoms with Gasteiger partial charge in [-0.05, 0) is 42.9 Å². The van der Waals surface area contributed by atoms with Gasteiger partial charge in [0, 0.05) is 5.69 Å². The highest BCUT2D eigenvalue weighted by Crippen LogP contribution is 2.28. The van der Waals surface area contributed by atoms with Crippen LogP contribution in [0.15, 0.2) is 36.4 Å². The van der Waals surface area contributed by atoms with Crippen LogP contribution in [0.4, 0.5) is 5.82 Å². The quantitative estimate of drug-likeness (QED) is 0.918. The molecule has 1 aromatic carbocycles. The molecule has 2 aromatic rings. The molecule has 106 valence electrons. The van der Waals surface area contributed by atoms with Crippen LogP contribution in [0.25, 0.3) is 0 Å². The van der Waals surface area contributed by atoms with Crippen LogP contribution in [-0.4, -0.2) is 4.98 Å². The van der Waals surface area contributed by atoms with Gasteiger partial charge in [-0.3, -0.25) is 0 Å². The monoisotopic (exact) mass is 277 g/mol. The minimum atomic E-state index is 0.185. The van der Waals surface area contributed by atoms with Crippen LogP contribution in [0.3, 0.4) is 0 Å². The van der Waals surface area contributed by atoms with E-state index in [1.807, 2.05) is 24.3 Å². The second kappa shape index (κ2) is 5.97. The Morgan fingerprint density at radius 3 is 2.81 bits per heavy atom. The molecule has 0 aliphatic heterocycles. The fourth-order valence-electron chi connectivity index (χ4n) is 2.94. The highest BCUT2D eigenvalue weighted by Gasteiger charge is 2.18. The number of pyridine rings is 1. The Kier molecular flexibility index (Phi) is 3.87. The predicted octanol–water partition coefficient (Wildman–Crippen LogP) is 4.01. The molecule has 1 heterocycles. The molecule has 1 atom stereocenters. The maximum absolute atomic E-state index is 9.38.